The normalized spacial score (nSPS) is 50.5. The fraction of sp³-hybridized carbons (Fsp3) is 1.00. The smallest absolute Gasteiger partial charge is 0.0349 e. The van der Waals surface area contributed by atoms with Crippen LogP contribution in [-0.2, 0) is 0 Å². The maximum Gasteiger partial charge on any atom is -0.0349 e. The molecule has 0 heteroatoms. The van der Waals surface area contributed by atoms with Crippen molar-refractivity contribution in [2.45, 2.75) is 84.0 Å². The van der Waals surface area contributed by atoms with Gasteiger partial charge in [0, 0.05) is 0 Å². The van der Waals surface area contributed by atoms with Crippen LogP contribution in [0.25, 0.3) is 0 Å². The van der Waals surface area contributed by atoms with Crippen LogP contribution >= 0.6 is 0 Å². The van der Waals surface area contributed by atoms with Crippen LogP contribution in [-0.4, -0.2) is 0 Å². The summed E-state index contributed by atoms with van der Waals surface area (Å²) in [4.78, 5) is 0. The van der Waals surface area contributed by atoms with E-state index in [2.05, 4.69) is 6.92 Å². The first kappa shape index (κ1) is 13.6. The highest BCUT2D eigenvalue weighted by atomic mass is 14.6. The average Bonchev–Trinajstić information content (AvgIpc) is 2.78. The number of unbranched alkanes of at least 4 members (excludes halogenated alkanes) is 1. The predicted octanol–water partition coefficient (Wildman–Crippen LogP) is 6.06. The van der Waals surface area contributed by atoms with Gasteiger partial charge in [-0.15, -0.1) is 0 Å². The zero-order valence-corrected chi connectivity index (χ0v) is 13.5. The van der Waals surface area contributed by atoms with E-state index in [0.717, 1.165) is 29.6 Å². The molecule has 0 aromatic rings. The molecule has 0 aromatic heterocycles. The molecule has 4 aliphatic rings. The molecule has 0 aliphatic heterocycles. The van der Waals surface area contributed by atoms with Crippen molar-refractivity contribution >= 4 is 0 Å². The van der Waals surface area contributed by atoms with Crippen molar-refractivity contribution in [1.29, 1.82) is 0 Å². The maximum absolute atomic E-state index is 2.38. The second-order valence-corrected chi connectivity index (χ2v) is 8.76. The summed E-state index contributed by atoms with van der Waals surface area (Å²) < 4.78 is 0. The lowest BCUT2D eigenvalue weighted by Crippen LogP contribution is -2.23. The molecule has 0 spiro atoms. The van der Waals surface area contributed by atoms with Crippen molar-refractivity contribution in [1.82, 2.24) is 0 Å². The van der Waals surface area contributed by atoms with E-state index in [-0.39, 0.29) is 0 Å². The van der Waals surface area contributed by atoms with Crippen molar-refractivity contribution in [3.63, 3.8) is 0 Å². The molecule has 0 saturated heterocycles. The molecule has 0 nitrogen and oxygen atoms in total. The van der Waals surface area contributed by atoms with E-state index in [1.165, 1.54) is 24.7 Å². The fourth-order valence-electron chi connectivity index (χ4n) is 7.17. The third-order valence-corrected chi connectivity index (χ3v) is 7.83. The zero-order chi connectivity index (χ0) is 13.5. The Morgan fingerprint density at radius 2 is 1.30 bits per heavy atom. The largest absolute Gasteiger partial charge is 0.0654 e. The Balaban J connectivity index is 1.52. The molecule has 114 valence electrons. The predicted molar refractivity (Wildman–Crippen MR) is 85.5 cm³/mol. The molecule has 0 amide bonds. The zero-order valence-electron chi connectivity index (χ0n) is 13.5. The average molecular weight is 274 g/mol. The summed E-state index contributed by atoms with van der Waals surface area (Å²) in [5, 5.41) is 0. The molecule has 6 atom stereocenters. The summed E-state index contributed by atoms with van der Waals surface area (Å²) in [5.41, 5.74) is 0. The first-order valence-corrected chi connectivity index (χ1v) is 9.86. The Bertz CT molecular complexity index is 305. The van der Waals surface area contributed by atoms with E-state index in [9.17, 15) is 0 Å². The van der Waals surface area contributed by atoms with Gasteiger partial charge in [-0.1, -0.05) is 45.4 Å². The lowest BCUT2D eigenvalue weighted by molar-refractivity contribution is 0.180. The molecular weight excluding hydrogens is 240 g/mol. The molecular formula is C20H34. The Labute approximate surface area is 126 Å². The van der Waals surface area contributed by atoms with E-state index in [1.54, 1.807) is 64.2 Å². The van der Waals surface area contributed by atoms with Crippen LogP contribution in [0.3, 0.4) is 0 Å². The van der Waals surface area contributed by atoms with Crippen molar-refractivity contribution in [3.8, 4) is 0 Å². The highest BCUT2D eigenvalue weighted by Crippen LogP contribution is 2.63. The van der Waals surface area contributed by atoms with Crippen molar-refractivity contribution in [2.75, 3.05) is 0 Å². The SMILES string of the molecule is CCCCC1C2CCC1C1CC3CCCCC(C3)CC21. The van der Waals surface area contributed by atoms with Gasteiger partial charge in [0.2, 0.25) is 0 Å². The summed E-state index contributed by atoms with van der Waals surface area (Å²) in [7, 11) is 0. The summed E-state index contributed by atoms with van der Waals surface area (Å²) in [6.07, 6.45) is 18.9. The molecule has 4 bridgehead atoms. The van der Waals surface area contributed by atoms with Crippen LogP contribution in [0.5, 0.6) is 0 Å². The van der Waals surface area contributed by atoms with Crippen LogP contribution < -0.4 is 0 Å². The topological polar surface area (TPSA) is 0 Å². The molecule has 4 rings (SSSR count). The first-order valence-electron chi connectivity index (χ1n) is 9.86. The van der Waals surface area contributed by atoms with E-state index < -0.39 is 0 Å². The highest BCUT2D eigenvalue weighted by Gasteiger charge is 2.54. The number of hydrogen-bond donors (Lipinski definition) is 0. The minimum Gasteiger partial charge on any atom is -0.0654 e. The van der Waals surface area contributed by atoms with Gasteiger partial charge < -0.3 is 0 Å². The van der Waals surface area contributed by atoms with Crippen molar-refractivity contribution in [3.05, 3.63) is 0 Å². The standard InChI is InChI=1S/C20H34/c1-2-3-8-16-17-9-10-18(16)20-13-15-7-5-4-6-14(11-15)12-19(17)20/h14-20H,2-13H2,1H3. The summed E-state index contributed by atoms with van der Waals surface area (Å²) >= 11 is 0. The lowest BCUT2D eigenvalue weighted by Gasteiger charge is -2.31. The molecule has 0 radical (unpaired) electrons. The highest BCUT2D eigenvalue weighted by molar-refractivity contribution is 5.04. The van der Waals surface area contributed by atoms with Crippen molar-refractivity contribution < 1.29 is 0 Å². The number of hydrogen-bond acceptors (Lipinski definition) is 0. The van der Waals surface area contributed by atoms with Gasteiger partial charge in [0.15, 0.2) is 0 Å². The molecule has 4 fully saturated rings. The second kappa shape index (κ2) is 5.65. The molecule has 20 heavy (non-hydrogen) atoms. The first-order chi connectivity index (χ1) is 9.86. The van der Waals surface area contributed by atoms with Crippen LogP contribution in [0.2, 0.25) is 0 Å². The number of fused-ring (bicyclic) bond motifs is 7. The Hall–Kier alpha value is 0. The van der Waals surface area contributed by atoms with Crippen LogP contribution in [0, 0.1) is 41.4 Å². The van der Waals surface area contributed by atoms with Gasteiger partial charge in [-0.2, -0.15) is 0 Å². The minimum atomic E-state index is 1.13. The van der Waals surface area contributed by atoms with E-state index in [1.807, 2.05) is 0 Å². The second-order valence-electron chi connectivity index (χ2n) is 8.76. The minimum absolute atomic E-state index is 1.13. The van der Waals surface area contributed by atoms with Crippen LogP contribution in [0.15, 0.2) is 0 Å². The number of rotatable bonds is 3. The fourth-order valence-corrected chi connectivity index (χ4v) is 7.17. The van der Waals surface area contributed by atoms with E-state index in [4.69, 9.17) is 0 Å². The van der Waals surface area contributed by atoms with Gasteiger partial charge in [0.05, 0.1) is 0 Å². The van der Waals surface area contributed by atoms with Crippen molar-refractivity contribution in [2.24, 2.45) is 41.4 Å². The summed E-state index contributed by atoms with van der Waals surface area (Å²) in [6.45, 7) is 2.38. The van der Waals surface area contributed by atoms with Gasteiger partial charge >= 0.3 is 0 Å². The Kier molecular flexibility index (Phi) is 3.86. The van der Waals surface area contributed by atoms with Gasteiger partial charge in [-0.3, -0.25) is 0 Å². The van der Waals surface area contributed by atoms with Gasteiger partial charge in [0.1, 0.15) is 0 Å². The Morgan fingerprint density at radius 1 is 0.700 bits per heavy atom. The summed E-state index contributed by atoms with van der Waals surface area (Å²) in [6, 6.07) is 0. The van der Waals surface area contributed by atoms with Crippen LogP contribution in [0.1, 0.15) is 84.0 Å². The van der Waals surface area contributed by atoms with Gasteiger partial charge in [-0.05, 0) is 80.0 Å². The molecule has 0 heterocycles. The third kappa shape index (κ3) is 2.26. The van der Waals surface area contributed by atoms with E-state index in [0.29, 0.717) is 0 Å². The van der Waals surface area contributed by atoms with Gasteiger partial charge in [0.25, 0.3) is 0 Å². The third-order valence-electron chi connectivity index (χ3n) is 7.83. The maximum atomic E-state index is 2.38. The Morgan fingerprint density at radius 3 is 1.85 bits per heavy atom. The summed E-state index contributed by atoms with van der Waals surface area (Å²) in [5.74, 6) is 8.08. The lowest BCUT2D eigenvalue weighted by atomic mass is 9.74. The quantitative estimate of drug-likeness (QED) is 0.587. The van der Waals surface area contributed by atoms with E-state index >= 15 is 0 Å². The molecule has 0 N–H and O–H groups in total. The molecule has 6 unspecified atom stereocenters. The molecule has 4 aliphatic carbocycles. The molecule has 4 saturated carbocycles. The van der Waals surface area contributed by atoms with Gasteiger partial charge in [-0.25, -0.2) is 0 Å². The monoisotopic (exact) mass is 274 g/mol. The molecule has 0 aromatic carbocycles. The van der Waals surface area contributed by atoms with Crippen LogP contribution in [0.4, 0.5) is 0 Å².